The molecule has 0 atom stereocenters. The Balaban J connectivity index is 1.62. The summed E-state index contributed by atoms with van der Waals surface area (Å²) in [6.45, 7) is 0. The predicted octanol–water partition coefficient (Wildman–Crippen LogP) is 12.5. The maximum atomic E-state index is 7.02. The molecular formula is C38H24Cl2O4. The van der Waals surface area contributed by atoms with E-state index in [0.717, 1.165) is 0 Å². The molecular weight excluding hydrogens is 591 g/mol. The van der Waals surface area contributed by atoms with Crippen molar-refractivity contribution in [2.75, 3.05) is 0 Å². The van der Waals surface area contributed by atoms with Crippen LogP contribution in [-0.2, 0) is 0 Å². The Bertz CT molecular complexity index is 2070. The summed E-state index contributed by atoms with van der Waals surface area (Å²) in [7, 11) is 0. The zero-order chi connectivity index (χ0) is 29.9. The number of rotatable bonds is 8. The summed E-state index contributed by atoms with van der Waals surface area (Å²) in [5, 5.41) is 3.23. The van der Waals surface area contributed by atoms with Crippen molar-refractivity contribution in [2.24, 2.45) is 0 Å². The summed E-state index contributed by atoms with van der Waals surface area (Å²) in [4.78, 5) is 0. The van der Waals surface area contributed by atoms with Crippen LogP contribution in [0.1, 0.15) is 0 Å². The minimum absolute atomic E-state index is 0.329. The summed E-state index contributed by atoms with van der Waals surface area (Å²) < 4.78 is 26.5. The van der Waals surface area contributed by atoms with Crippen molar-refractivity contribution >= 4 is 44.7 Å². The monoisotopic (exact) mass is 614 g/mol. The average molecular weight is 616 g/mol. The van der Waals surface area contributed by atoms with Gasteiger partial charge >= 0.3 is 0 Å². The Kier molecular flexibility index (Phi) is 7.68. The molecule has 0 heterocycles. The zero-order valence-electron chi connectivity index (χ0n) is 23.2. The molecule has 0 aliphatic rings. The smallest absolute Gasteiger partial charge is 0.148 e. The molecule has 0 fully saturated rings. The van der Waals surface area contributed by atoms with Gasteiger partial charge in [0.2, 0.25) is 0 Å². The van der Waals surface area contributed by atoms with Gasteiger partial charge in [0.05, 0.1) is 20.8 Å². The molecule has 0 N–H and O–H groups in total. The summed E-state index contributed by atoms with van der Waals surface area (Å²) in [6, 6.07) is 45.6. The molecule has 7 aromatic carbocycles. The van der Waals surface area contributed by atoms with Crippen LogP contribution in [-0.4, -0.2) is 0 Å². The first-order chi connectivity index (χ1) is 21.7. The van der Waals surface area contributed by atoms with Gasteiger partial charge in [0.25, 0.3) is 0 Å². The molecule has 0 saturated carbocycles. The van der Waals surface area contributed by atoms with Crippen LogP contribution in [0.5, 0.6) is 46.0 Å². The van der Waals surface area contributed by atoms with Gasteiger partial charge in [0.15, 0.2) is 0 Å². The number of ether oxygens (including phenoxy) is 4. The van der Waals surface area contributed by atoms with Crippen LogP contribution in [0.25, 0.3) is 21.5 Å². The van der Waals surface area contributed by atoms with Gasteiger partial charge in [0, 0.05) is 10.8 Å². The van der Waals surface area contributed by atoms with E-state index in [1.165, 1.54) is 0 Å². The molecule has 0 aliphatic carbocycles. The Labute approximate surface area is 264 Å². The third-order valence-corrected chi connectivity index (χ3v) is 7.82. The molecule has 0 unspecified atom stereocenters. The molecule has 214 valence electrons. The van der Waals surface area contributed by atoms with Crippen LogP contribution in [0.2, 0.25) is 10.0 Å². The van der Waals surface area contributed by atoms with Gasteiger partial charge in [-0.25, -0.2) is 0 Å². The lowest BCUT2D eigenvalue weighted by Crippen LogP contribution is -1.98. The van der Waals surface area contributed by atoms with Crippen LogP contribution >= 0.6 is 23.2 Å². The van der Waals surface area contributed by atoms with Crippen molar-refractivity contribution < 1.29 is 18.9 Å². The number of para-hydroxylation sites is 4. The topological polar surface area (TPSA) is 36.9 Å². The van der Waals surface area contributed by atoms with Crippen molar-refractivity contribution in [3.05, 3.63) is 156 Å². The van der Waals surface area contributed by atoms with Crippen LogP contribution in [0.4, 0.5) is 0 Å². The van der Waals surface area contributed by atoms with Crippen molar-refractivity contribution in [2.45, 2.75) is 0 Å². The van der Waals surface area contributed by atoms with Crippen LogP contribution in [0, 0.1) is 0 Å². The van der Waals surface area contributed by atoms with E-state index in [2.05, 4.69) is 0 Å². The third-order valence-electron chi connectivity index (χ3n) is 7.02. The lowest BCUT2D eigenvalue weighted by molar-refractivity contribution is 0.461. The SMILES string of the molecule is Clc1ccc2c(Oc3ccccc3)c3c(Oc4ccccc4)ccc(Oc4ccccc4)c3c(Oc3ccccc3)c2c1Cl. The summed E-state index contributed by atoms with van der Waals surface area (Å²) in [5.74, 6) is 4.61. The van der Waals surface area contributed by atoms with Crippen LogP contribution in [0.15, 0.2) is 146 Å². The molecule has 0 radical (unpaired) electrons. The average Bonchev–Trinajstić information content (AvgIpc) is 3.06. The largest absolute Gasteiger partial charge is 0.457 e. The lowest BCUT2D eigenvalue weighted by atomic mass is 9.98. The van der Waals surface area contributed by atoms with E-state index in [4.69, 9.17) is 42.1 Å². The molecule has 4 nitrogen and oxygen atoms in total. The Morgan fingerprint density at radius 3 is 1.18 bits per heavy atom. The van der Waals surface area contributed by atoms with Gasteiger partial charge in [-0.05, 0) is 72.8 Å². The fourth-order valence-electron chi connectivity index (χ4n) is 5.06. The minimum atomic E-state index is 0.329. The van der Waals surface area contributed by atoms with E-state index in [1.54, 1.807) is 6.07 Å². The van der Waals surface area contributed by atoms with Gasteiger partial charge in [-0.2, -0.15) is 0 Å². The number of halogens is 2. The highest BCUT2D eigenvalue weighted by Gasteiger charge is 2.27. The molecule has 0 bridgehead atoms. The van der Waals surface area contributed by atoms with Gasteiger partial charge in [-0.1, -0.05) is 96.0 Å². The molecule has 0 amide bonds. The molecule has 7 aromatic rings. The number of hydrogen-bond donors (Lipinski definition) is 0. The highest BCUT2D eigenvalue weighted by molar-refractivity contribution is 6.46. The zero-order valence-corrected chi connectivity index (χ0v) is 24.8. The molecule has 44 heavy (non-hydrogen) atoms. The highest BCUT2D eigenvalue weighted by atomic mass is 35.5. The van der Waals surface area contributed by atoms with Crippen molar-refractivity contribution in [3.8, 4) is 46.0 Å². The third kappa shape index (κ3) is 5.49. The molecule has 0 spiro atoms. The first kappa shape index (κ1) is 27.7. The second kappa shape index (κ2) is 12.2. The van der Waals surface area contributed by atoms with Gasteiger partial charge in [-0.3, -0.25) is 0 Å². The quantitative estimate of drug-likeness (QED) is 0.159. The van der Waals surface area contributed by atoms with E-state index < -0.39 is 0 Å². The molecule has 7 rings (SSSR count). The standard InChI is InChI=1S/C38H24Cl2O4/c39-30-22-21-29-33(36(30)40)38(44-28-19-11-4-12-20-28)35-32(42-26-15-7-2-8-16-26)24-23-31(41-25-13-5-1-6-14-25)34(35)37(29)43-27-17-9-3-10-18-27/h1-24H. The van der Waals surface area contributed by atoms with Gasteiger partial charge in [-0.15, -0.1) is 0 Å². The number of benzene rings is 7. The van der Waals surface area contributed by atoms with Gasteiger partial charge in [0.1, 0.15) is 46.0 Å². The maximum Gasteiger partial charge on any atom is 0.148 e. The second-order valence-electron chi connectivity index (χ2n) is 9.91. The summed E-state index contributed by atoms with van der Waals surface area (Å²) >= 11 is 13.7. The fraction of sp³-hybridized carbons (Fsp3) is 0. The molecule has 0 aromatic heterocycles. The predicted molar refractivity (Wildman–Crippen MR) is 178 cm³/mol. The molecule has 6 heteroatoms. The normalized spacial score (nSPS) is 11.0. The number of hydrogen-bond acceptors (Lipinski definition) is 4. The van der Waals surface area contributed by atoms with E-state index in [9.17, 15) is 0 Å². The first-order valence-corrected chi connectivity index (χ1v) is 14.7. The molecule has 0 aliphatic heterocycles. The van der Waals surface area contributed by atoms with Crippen LogP contribution in [0.3, 0.4) is 0 Å². The Morgan fingerprint density at radius 2 is 0.727 bits per heavy atom. The second-order valence-corrected chi connectivity index (χ2v) is 10.7. The van der Waals surface area contributed by atoms with E-state index in [0.29, 0.717) is 77.6 Å². The van der Waals surface area contributed by atoms with E-state index in [1.807, 2.05) is 140 Å². The lowest BCUT2D eigenvalue weighted by Gasteiger charge is -2.22. The van der Waals surface area contributed by atoms with Crippen molar-refractivity contribution in [1.29, 1.82) is 0 Å². The Hall–Kier alpha value is -5.16. The van der Waals surface area contributed by atoms with Crippen LogP contribution < -0.4 is 18.9 Å². The van der Waals surface area contributed by atoms with Crippen molar-refractivity contribution in [3.63, 3.8) is 0 Å². The summed E-state index contributed by atoms with van der Waals surface area (Å²) in [6.07, 6.45) is 0. The number of fused-ring (bicyclic) bond motifs is 2. The Morgan fingerprint density at radius 1 is 0.341 bits per heavy atom. The van der Waals surface area contributed by atoms with Gasteiger partial charge < -0.3 is 18.9 Å². The first-order valence-electron chi connectivity index (χ1n) is 14.0. The fourth-order valence-corrected chi connectivity index (χ4v) is 5.47. The highest BCUT2D eigenvalue weighted by Crippen LogP contribution is 2.55. The van der Waals surface area contributed by atoms with Crippen molar-refractivity contribution in [1.82, 2.24) is 0 Å². The van der Waals surface area contributed by atoms with E-state index in [-0.39, 0.29) is 0 Å². The van der Waals surface area contributed by atoms with E-state index >= 15 is 0 Å². The summed E-state index contributed by atoms with van der Waals surface area (Å²) in [5.41, 5.74) is 0. The minimum Gasteiger partial charge on any atom is -0.457 e. The maximum absolute atomic E-state index is 7.02. The molecule has 0 saturated heterocycles.